The zero-order valence-electron chi connectivity index (χ0n) is 18.3. The Balaban J connectivity index is 1.29. The van der Waals surface area contributed by atoms with E-state index < -0.39 is 0 Å². The second-order valence-corrected chi connectivity index (χ2v) is 9.12. The summed E-state index contributed by atoms with van der Waals surface area (Å²) in [5, 5.41) is 0. The van der Waals surface area contributed by atoms with E-state index in [-0.39, 0.29) is 18.0 Å². The van der Waals surface area contributed by atoms with Gasteiger partial charge in [0.25, 0.3) is 0 Å². The topological polar surface area (TPSA) is 44.8 Å². The number of carbonyl (C=O) groups is 1. The van der Waals surface area contributed by atoms with Crippen LogP contribution in [-0.4, -0.2) is 19.7 Å². The summed E-state index contributed by atoms with van der Waals surface area (Å²) in [5.74, 6) is 2.39. The van der Waals surface area contributed by atoms with E-state index in [0.717, 1.165) is 23.5 Å². The van der Waals surface area contributed by atoms with Crippen LogP contribution in [0.5, 0.6) is 11.5 Å². The molecule has 0 aromatic heterocycles. The Morgan fingerprint density at radius 1 is 1.00 bits per heavy atom. The number of carbonyl (C=O) groups excluding carboxylic acids is 1. The van der Waals surface area contributed by atoms with Crippen molar-refractivity contribution in [3.05, 3.63) is 82.9 Å². The zero-order chi connectivity index (χ0) is 21.8. The van der Waals surface area contributed by atoms with Crippen LogP contribution in [0.25, 0.3) is 11.1 Å². The molecule has 3 aromatic carbocycles. The number of benzene rings is 3. The molecule has 6 rings (SSSR count). The Kier molecular flexibility index (Phi) is 4.49. The molecule has 0 saturated carbocycles. The van der Waals surface area contributed by atoms with Crippen molar-refractivity contribution in [3.8, 4) is 22.6 Å². The fourth-order valence-corrected chi connectivity index (χ4v) is 5.86. The summed E-state index contributed by atoms with van der Waals surface area (Å²) >= 11 is 0. The molecule has 0 N–H and O–H groups in total. The van der Waals surface area contributed by atoms with Crippen molar-refractivity contribution >= 4 is 5.97 Å². The predicted octanol–water partition coefficient (Wildman–Crippen LogP) is 6.12. The first-order valence-corrected chi connectivity index (χ1v) is 11.4. The van der Waals surface area contributed by atoms with E-state index in [9.17, 15) is 4.79 Å². The molecule has 3 aromatic rings. The molecule has 0 spiro atoms. The third-order valence-corrected chi connectivity index (χ3v) is 7.45. The molecule has 0 bridgehead atoms. The minimum Gasteiger partial charge on any atom is -0.492 e. The van der Waals surface area contributed by atoms with Gasteiger partial charge in [0.05, 0.1) is 20.1 Å². The summed E-state index contributed by atoms with van der Waals surface area (Å²) in [5.41, 5.74) is 7.96. The van der Waals surface area contributed by atoms with Crippen molar-refractivity contribution in [1.82, 2.24) is 0 Å². The molecular formula is C28H26O4. The lowest BCUT2D eigenvalue weighted by atomic mass is 9.73. The van der Waals surface area contributed by atoms with Crippen LogP contribution in [0, 0.1) is 0 Å². The van der Waals surface area contributed by atoms with Gasteiger partial charge < -0.3 is 14.2 Å². The molecule has 32 heavy (non-hydrogen) atoms. The minimum absolute atomic E-state index is 0.0250. The number of hydrogen-bond acceptors (Lipinski definition) is 4. The Hall–Kier alpha value is -3.27. The number of rotatable bonds is 4. The molecule has 4 nitrogen and oxygen atoms in total. The lowest BCUT2D eigenvalue weighted by molar-refractivity contribution is -0.141. The van der Waals surface area contributed by atoms with Gasteiger partial charge in [-0.1, -0.05) is 55.5 Å². The Morgan fingerprint density at radius 2 is 1.81 bits per heavy atom. The molecule has 4 atom stereocenters. The third kappa shape index (κ3) is 2.93. The molecule has 4 heteroatoms. The first-order chi connectivity index (χ1) is 15.6. The highest BCUT2D eigenvalue weighted by Gasteiger charge is 2.41. The predicted molar refractivity (Wildman–Crippen MR) is 122 cm³/mol. The van der Waals surface area contributed by atoms with E-state index in [1.165, 1.54) is 34.9 Å². The molecule has 1 heterocycles. The number of fused-ring (bicyclic) bond motifs is 3. The van der Waals surface area contributed by atoms with Crippen LogP contribution in [0.15, 0.2) is 60.7 Å². The van der Waals surface area contributed by atoms with E-state index in [1.54, 1.807) is 0 Å². The van der Waals surface area contributed by atoms with Gasteiger partial charge in [0, 0.05) is 17.5 Å². The molecule has 1 aliphatic heterocycles. The number of esters is 1. The van der Waals surface area contributed by atoms with E-state index in [0.29, 0.717) is 24.9 Å². The molecule has 3 aliphatic rings. The highest BCUT2D eigenvalue weighted by atomic mass is 16.5. The van der Waals surface area contributed by atoms with Crippen LogP contribution in [0.2, 0.25) is 0 Å². The maximum Gasteiger partial charge on any atom is 0.306 e. The Labute approximate surface area is 188 Å². The molecule has 162 valence electrons. The van der Waals surface area contributed by atoms with Gasteiger partial charge >= 0.3 is 5.97 Å². The minimum atomic E-state index is -0.211. The van der Waals surface area contributed by atoms with E-state index in [2.05, 4.69) is 49.4 Å². The quantitative estimate of drug-likeness (QED) is 0.472. The molecule has 0 amide bonds. The SMILES string of the molecule is COC(=O)C[C@@H]1COc2cc(O[C@@H]3CC4c5c(cccc53)-c3ccccc3C4C)ccc21. The van der Waals surface area contributed by atoms with Crippen molar-refractivity contribution < 1.29 is 19.0 Å². The van der Waals surface area contributed by atoms with Crippen molar-refractivity contribution in [2.45, 2.75) is 43.6 Å². The Bertz CT molecular complexity index is 1210. The van der Waals surface area contributed by atoms with Crippen LogP contribution in [0.3, 0.4) is 0 Å². The van der Waals surface area contributed by atoms with Gasteiger partial charge in [-0.2, -0.15) is 0 Å². The maximum atomic E-state index is 11.7. The molecule has 0 saturated heterocycles. The van der Waals surface area contributed by atoms with E-state index in [4.69, 9.17) is 14.2 Å². The second-order valence-electron chi connectivity index (χ2n) is 9.12. The smallest absolute Gasteiger partial charge is 0.306 e. The van der Waals surface area contributed by atoms with Gasteiger partial charge in [0.15, 0.2) is 0 Å². The van der Waals surface area contributed by atoms with Crippen LogP contribution >= 0.6 is 0 Å². The monoisotopic (exact) mass is 426 g/mol. The first-order valence-electron chi connectivity index (χ1n) is 11.4. The fourth-order valence-electron chi connectivity index (χ4n) is 5.86. The number of methoxy groups -OCH3 is 1. The molecule has 0 radical (unpaired) electrons. The third-order valence-electron chi connectivity index (χ3n) is 7.45. The lowest BCUT2D eigenvalue weighted by Gasteiger charge is -2.30. The number of ether oxygens (including phenoxy) is 3. The van der Waals surface area contributed by atoms with Gasteiger partial charge in [-0.05, 0) is 52.1 Å². The van der Waals surface area contributed by atoms with Crippen LogP contribution in [0.1, 0.15) is 65.9 Å². The van der Waals surface area contributed by atoms with E-state index >= 15 is 0 Å². The fraction of sp³-hybridized carbons (Fsp3) is 0.321. The van der Waals surface area contributed by atoms with Gasteiger partial charge in [0.1, 0.15) is 17.6 Å². The van der Waals surface area contributed by atoms with Crippen molar-refractivity contribution in [2.75, 3.05) is 13.7 Å². The summed E-state index contributed by atoms with van der Waals surface area (Å²) in [4.78, 5) is 11.7. The number of hydrogen-bond donors (Lipinski definition) is 0. The summed E-state index contributed by atoms with van der Waals surface area (Å²) < 4.78 is 17.3. The average Bonchev–Trinajstić information content (AvgIpc) is 3.39. The van der Waals surface area contributed by atoms with Crippen LogP contribution in [-0.2, 0) is 9.53 Å². The molecular weight excluding hydrogens is 400 g/mol. The standard InChI is InChI=1S/C28H26O4/c1-16-19-6-3-4-7-21(19)22-8-5-9-23-26(14-24(16)28(22)23)32-18-10-11-20-17(12-27(29)30-2)15-31-25(20)13-18/h3-11,13,16-17,24,26H,12,14-15H2,1-2H3/t16?,17-,24?,26-/m1/s1. The van der Waals surface area contributed by atoms with Gasteiger partial charge in [-0.25, -0.2) is 0 Å². The summed E-state index contributed by atoms with van der Waals surface area (Å²) in [6, 6.07) is 21.4. The van der Waals surface area contributed by atoms with E-state index in [1.807, 2.05) is 18.2 Å². The molecule has 2 unspecified atom stereocenters. The van der Waals surface area contributed by atoms with Crippen molar-refractivity contribution in [2.24, 2.45) is 0 Å². The first kappa shape index (κ1) is 19.4. The normalized spacial score (nSPS) is 24.2. The highest BCUT2D eigenvalue weighted by molar-refractivity contribution is 5.77. The zero-order valence-corrected chi connectivity index (χ0v) is 18.3. The van der Waals surface area contributed by atoms with Crippen molar-refractivity contribution in [3.63, 3.8) is 0 Å². The maximum absolute atomic E-state index is 11.7. The second kappa shape index (κ2) is 7.40. The molecule has 2 aliphatic carbocycles. The Morgan fingerprint density at radius 3 is 2.69 bits per heavy atom. The van der Waals surface area contributed by atoms with Gasteiger partial charge in [0.2, 0.25) is 0 Å². The van der Waals surface area contributed by atoms with Gasteiger partial charge in [-0.15, -0.1) is 0 Å². The average molecular weight is 427 g/mol. The lowest BCUT2D eigenvalue weighted by Crippen LogP contribution is -2.13. The summed E-state index contributed by atoms with van der Waals surface area (Å²) in [6.07, 6.45) is 1.34. The summed E-state index contributed by atoms with van der Waals surface area (Å²) in [6.45, 7) is 2.84. The summed E-state index contributed by atoms with van der Waals surface area (Å²) in [7, 11) is 1.42. The molecule has 0 fully saturated rings. The van der Waals surface area contributed by atoms with Crippen LogP contribution in [0.4, 0.5) is 0 Å². The largest absolute Gasteiger partial charge is 0.492 e. The van der Waals surface area contributed by atoms with Crippen molar-refractivity contribution in [1.29, 1.82) is 0 Å². The highest BCUT2D eigenvalue weighted by Crippen LogP contribution is 2.56. The van der Waals surface area contributed by atoms with Gasteiger partial charge in [-0.3, -0.25) is 4.79 Å². The van der Waals surface area contributed by atoms with Crippen LogP contribution < -0.4 is 9.47 Å².